The first-order valence-electron chi connectivity index (χ1n) is 8.85. The van der Waals surface area contributed by atoms with Crippen LogP contribution in [0.3, 0.4) is 0 Å². The summed E-state index contributed by atoms with van der Waals surface area (Å²) in [5.74, 6) is -0.334. The number of hydrogen-bond acceptors (Lipinski definition) is 4. The molecular weight excluding hydrogens is 364 g/mol. The summed E-state index contributed by atoms with van der Waals surface area (Å²) in [5, 5.41) is 7.76. The van der Waals surface area contributed by atoms with Crippen LogP contribution in [-0.2, 0) is 24.0 Å². The van der Waals surface area contributed by atoms with Crippen LogP contribution in [0.2, 0.25) is 0 Å². The number of benzene rings is 1. The molecule has 0 atom stereocenters. The van der Waals surface area contributed by atoms with Crippen molar-refractivity contribution in [3.05, 3.63) is 45.3 Å². The number of nitrogens with one attached hydrogen (secondary N) is 2. The number of anilines is 2. The van der Waals surface area contributed by atoms with Crippen LogP contribution in [0.25, 0.3) is 0 Å². The van der Waals surface area contributed by atoms with E-state index in [0.717, 1.165) is 40.4 Å². The fourth-order valence-corrected chi connectivity index (χ4v) is 4.47. The molecule has 2 aromatic rings. The maximum absolute atomic E-state index is 12.2. The van der Waals surface area contributed by atoms with Crippen LogP contribution in [0.1, 0.15) is 52.7 Å². The number of ether oxygens (including phenoxy) is 1. The van der Waals surface area contributed by atoms with Gasteiger partial charge >= 0.3 is 5.97 Å². The Labute approximate surface area is 165 Å². The summed E-state index contributed by atoms with van der Waals surface area (Å²) in [4.78, 5) is 13.3. The Hall–Kier alpha value is -1.92. The van der Waals surface area contributed by atoms with Crippen molar-refractivity contribution in [3.8, 4) is 0 Å². The Balaban J connectivity index is 2.31. The summed E-state index contributed by atoms with van der Waals surface area (Å²) in [6, 6.07) is 6.29. The molecule has 140 valence electrons. The van der Waals surface area contributed by atoms with Crippen LogP contribution in [0.5, 0.6) is 0 Å². The van der Waals surface area contributed by atoms with Crippen LogP contribution in [0.15, 0.2) is 18.2 Å². The highest BCUT2D eigenvalue weighted by atomic mass is 32.1. The largest absolute Gasteiger partial charge is 0.465 e. The van der Waals surface area contributed by atoms with E-state index >= 15 is 0 Å². The lowest BCUT2D eigenvalue weighted by molar-refractivity contribution is 0.0601. The van der Waals surface area contributed by atoms with Crippen molar-refractivity contribution in [1.82, 2.24) is 0 Å². The molecule has 0 bridgehead atoms. The van der Waals surface area contributed by atoms with E-state index in [0.29, 0.717) is 10.7 Å². The Morgan fingerprint density at radius 1 is 1.12 bits per heavy atom. The minimum atomic E-state index is -0.334. The number of esters is 1. The van der Waals surface area contributed by atoms with Gasteiger partial charge in [-0.2, -0.15) is 0 Å². The molecule has 2 N–H and O–H groups in total. The second kappa shape index (κ2) is 9.14. The van der Waals surface area contributed by atoms with Crippen LogP contribution in [-0.4, -0.2) is 18.2 Å². The Bertz CT molecular complexity index is 790. The van der Waals surface area contributed by atoms with Gasteiger partial charge in [0.2, 0.25) is 0 Å². The van der Waals surface area contributed by atoms with Crippen molar-refractivity contribution >= 4 is 45.3 Å². The average molecular weight is 391 g/mol. The molecule has 4 nitrogen and oxygen atoms in total. The second-order valence-corrected chi connectivity index (χ2v) is 7.56. The molecule has 0 saturated carbocycles. The minimum Gasteiger partial charge on any atom is -0.465 e. The maximum Gasteiger partial charge on any atom is 0.341 e. The van der Waals surface area contributed by atoms with Gasteiger partial charge in [-0.05, 0) is 55.1 Å². The number of rotatable bonds is 6. The summed E-state index contributed by atoms with van der Waals surface area (Å²) in [6.07, 6.45) is 2.61. The van der Waals surface area contributed by atoms with Gasteiger partial charge in [-0.3, -0.25) is 0 Å². The predicted molar refractivity (Wildman–Crippen MR) is 115 cm³/mol. The highest BCUT2D eigenvalue weighted by Gasteiger charge is 2.22. The summed E-state index contributed by atoms with van der Waals surface area (Å²) in [6.45, 7) is 8.30. The summed E-state index contributed by atoms with van der Waals surface area (Å²) in [7, 11) is 1.40. The van der Waals surface area contributed by atoms with E-state index in [-0.39, 0.29) is 5.97 Å². The number of thiophene rings is 1. The third kappa shape index (κ3) is 4.24. The molecule has 0 radical (unpaired) electrons. The van der Waals surface area contributed by atoms with Gasteiger partial charge in [0.1, 0.15) is 5.00 Å². The van der Waals surface area contributed by atoms with E-state index in [2.05, 4.69) is 42.7 Å². The van der Waals surface area contributed by atoms with E-state index in [1.165, 1.54) is 29.6 Å². The normalized spacial score (nSPS) is 10.5. The molecule has 26 heavy (non-hydrogen) atoms. The number of methoxy groups -OCH3 is 1. The topological polar surface area (TPSA) is 50.4 Å². The SMILES string of the molecule is CCc1cccc(CC)c1NC(=S)Nc1sc(C)c(CC)c1C(=O)OC. The van der Waals surface area contributed by atoms with Gasteiger partial charge in [-0.15, -0.1) is 11.3 Å². The van der Waals surface area contributed by atoms with Crippen molar-refractivity contribution in [1.29, 1.82) is 0 Å². The number of carbonyl (C=O) groups is 1. The average Bonchev–Trinajstić information content (AvgIpc) is 2.95. The van der Waals surface area contributed by atoms with Gasteiger partial charge in [-0.25, -0.2) is 4.79 Å². The van der Waals surface area contributed by atoms with E-state index in [1.807, 2.05) is 13.8 Å². The van der Waals surface area contributed by atoms with Gasteiger partial charge in [0, 0.05) is 10.6 Å². The van der Waals surface area contributed by atoms with Gasteiger partial charge in [0.25, 0.3) is 0 Å². The first kappa shape index (κ1) is 20.4. The van der Waals surface area contributed by atoms with Crippen molar-refractivity contribution in [2.45, 2.75) is 47.0 Å². The van der Waals surface area contributed by atoms with E-state index in [4.69, 9.17) is 17.0 Å². The van der Waals surface area contributed by atoms with Crippen molar-refractivity contribution in [3.63, 3.8) is 0 Å². The standard InChI is InChI=1S/C20H26N2O2S2/c1-6-13-10-9-11-14(7-2)17(13)21-20(25)22-18-16(19(23)24-5)15(8-3)12(4)26-18/h9-11H,6-8H2,1-5H3,(H2,21,22,25). The molecule has 1 aromatic heterocycles. The van der Waals surface area contributed by atoms with Crippen molar-refractivity contribution in [2.24, 2.45) is 0 Å². The quantitative estimate of drug-likeness (QED) is 0.515. The zero-order chi connectivity index (χ0) is 19.3. The molecule has 0 amide bonds. The fourth-order valence-electron chi connectivity index (χ4n) is 3.06. The molecule has 6 heteroatoms. The molecule has 0 unspecified atom stereocenters. The molecule has 1 aromatic carbocycles. The number of thiocarbonyl (C=S) groups is 1. The molecule has 1 heterocycles. The van der Waals surface area contributed by atoms with Gasteiger partial charge in [0.15, 0.2) is 5.11 Å². The first-order chi connectivity index (χ1) is 12.5. The molecule has 0 aliphatic rings. The fraction of sp³-hybridized carbons (Fsp3) is 0.400. The molecule has 0 spiro atoms. The smallest absolute Gasteiger partial charge is 0.341 e. The van der Waals surface area contributed by atoms with Crippen LogP contribution < -0.4 is 10.6 Å². The summed E-state index contributed by atoms with van der Waals surface area (Å²) < 4.78 is 4.97. The summed E-state index contributed by atoms with van der Waals surface area (Å²) in [5.41, 5.74) is 5.09. The molecular formula is C20H26N2O2S2. The third-order valence-corrected chi connectivity index (χ3v) is 5.68. The second-order valence-electron chi connectivity index (χ2n) is 5.92. The molecule has 2 rings (SSSR count). The van der Waals surface area contributed by atoms with Gasteiger partial charge in [-0.1, -0.05) is 39.0 Å². The Morgan fingerprint density at radius 3 is 2.23 bits per heavy atom. The number of hydrogen-bond donors (Lipinski definition) is 2. The van der Waals surface area contributed by atoms with E-state index in [1.54, 1.807) is 0 Å². The van der Waals surface area contributed by atoms with Gasteiger partial charge < -0.3 is 15.4 Å². The van der Waals surface area contributed by atoms with Crippen LogP contribution in [0, 0.1) is 6.92 Å². The predicted octanol–water partition coefficient (Wildman–Crippen LogP) is 5.34. The molecule has 0 fully saturated rings. The summed E-state index contributed by atoms with van der Waals surface area (Å²) >= 11 is 7.07. The van der Waals surface area contributed by atoms with Crippen LogP contribution in [0.4, 0.5) is 10.7 Å². The lowest BCUT2D eigenvalue weighted by Gasteiger charge is -2.17. The number of carbonyl (C=O) groups excluding carboxylic acids is 1. The Morgan fingerprint density at radius 2 is 1.73 bits per heavy atom. The molecule has 0 aliphatic carbocycles. The van der Waals surface area contributed by atoms with E-state index < -0.39 is 0 Å². The van der Waals surface area contributed by atoms with Crippen molar-refractivity contribution < 1.29 is 9.53 Å². The van der Waals surface area contributed by atoms with E-state index in [9.17, 15) is 4.79 Å². The minimum absolute atomic E-state index is 0.334. The zero-order valence-corrected chi connectivity index (χ0v) is 17.6. The van der Waals surface area contributed by atoms with Crippen LogP contribution >= 0.6 is 23.6 Å². The highest BCUT2D eigenvalue weighted by Crippen LogP contribution is 2.34. The van der Waals surface area contributed by atoms with Gasteiger partial charge in [0.05, 0.1) is 12.7 Å². The third-order valence-electron chi connectivity index (χ3n) is 4.42. The zero-order valence-electron chi connectivity index (χ0n) is 16.0. The first-order valence-corrected chi connectivity index (χ1v) is 10.1. The highest BCUT2D eigenvalue weighted by molar-refractivity contribution is 7.80. The number of para-hydroxylation sites is 1. The lowest BCUT2D eigenvalue weighted by Crippen LogP contribution is -2.21. The molecule has 0 aliphatic heterocycles. The lowest BCUT2D eigenvalue weighted by atomic mass is 10.0. The Kier molecular flexibility index (Phi) is 7.17. The maximum atomic E-state index is 12.2. The monoisotopic (exact) mass is 390 g/mol. The number of aryl methyl sites for hydroxylation is 3. The molecule has 0 saturated heterocycles. The van der Waals surface area contributed by atoms with Crippen molar-refractivity contribution in [2.75, 3.05) is 17.7 Å².